The third-order valence-electron chi connectivity index (χ3n) is 4.15. The van der Waals surface area contributed by atoms with Crippen LogP contribution in [0.15, 0.2) is 66.1 Å². The molecule has 0 spiro atoms. The Labute approximate surface area is 149 Å². The Kier molecular flexibility index (Phi) is 5.72. The molecule has 1 atom stereocenters. The Hall–Kier alpha value is -2.32. The second-order valence-electron chi connectivity index (χ2n) is 5.67. The zero-order valence-corrected chi connectivity index (χ0v) is 15.4. The van der Waals surface area contributed by atoms with Gasteiger partial charge in [-0.3, -0.25) is 4.90 Å². The van der Waals surface area contributed by atoms with Crippen molar-refractivity contribution < 1.29 is 14.3 Å². The molecule has 130 valence electrons. The third kappa shape index (κ3) is 3.69. The number of ether oxygens (including phenoxy) is 2. The standard InChI is InChI=1S/C20H22NO3P/c1-23-17-12-6-7-13-18(17)25(16-10-4-3-5-11-16)19-14-8-9-15-21(19)20(22)24-2/h3-7,10-14H,8-9,15H2,1-2H3. The van der Waals surface area contributed by atoms with Gasteiger partial charge in [0.05, 0.1) is 19.7 Å². The van der Waals surface area contributed by atoms with Crippen LogP contribution >= 0.6 is 7.92 Å². The molecular weight excluding hydrogens is 333 g/mol. The first kappa shape index (κ1) is 17.5. The van der Waals surface area contributed by atoms with Crippen LogP contribution in [-0.2, 0) is 4.74 Å². The van der Waals surface area contributed by atoms with Gasteiger partial charge < -0.3 is 9.47 Å². The van der Waals surface area contributed by atoms with E-state index in [1.165, 1.54) is 12.4 Å². The largest absolute Gasteiger partial charge is 0.496 e. The van der Waals surface area contributed by atoms with Crippen LogP contribution in [0.25, 0.3) is 0 Å². The molecule has 1 amide bonds. The van der Waals surface area contributed by atoms with Crippen molar-refractivity contribution in [3.63, 3.8) is 0 Å². The minimum atomic E-state index is -0.912. The van der Waals surface area contributed by atoms with E-state index < -0.39 is 7.92 Å². The van der Waals surface area contributed by atoms with Gasteiger partial charge >= 0.3 is 6.09 Å². The summed E-state index contributed by atoms with van der Waals surface area (Å²) in [6.45, 7) is 0.680. The maximum Gasteiger partial charge on any atom is 0.414 e. The average molecular weight is 355 g/mol. The van der Waals surface area contributed by atoms with Crippen molar-refractivity contribution in [1.82, 2.24) is 4.90 Å². The molecule has 4 nitrogen and oxygen atoms in total. The van der Waals surface area contributed by atoms with Crippen LogP contribution in [0, 0.1) is 0 Å². The fraction of sp³-hybridized carbons (Fsp3) is 0.250. The first-order valence-corrected chi connectivity index (χ1v) is 9.64. The molecule has 0 aromatic heterocycles. The van der Waals surface area contributed by atoms with E-state index in [0.29, 0.717) is 6.54 Å². The molecule has 1 unspecified atom stereocenters. The topological polar surface area (TPSA) is 38.8 Å². The van der Waals surface area contributed by atoms with Gasteiger partial charge in [0.15, 0.2) is 0 Å². The molecule has 0 N–H and O–H groups in total. The van der Waals surface area contributed by atoms with E-state index in [1.54, 1.807) is 12.0 Å². The summed E-state index contributed by atoms with van der Waals surface area (Å²) in [4.78, 5) is 14.1. The quantitative estimate of drug-likeness (QED) is 0.783. The molecule has 0 fully saturated rings. The predicted octanol–water partition coefficient (Wildman–Crippen LogP) is 3.83. The summed E-state index contributed by atoms with van der Waals surface area (Å²) in [6.07, 6.45) is 3.78. The van der Waals surface area contributed by atoms with Crippen molar-refractivity contribution in [3.8, 4) is 5.75 Å². The van der Waals surface area contributed by atoms with Crippen LogP contribution in [0.3, 0.4) is 0 Å². The van der Waals surface area contributed by atoms with Gasteiger partial charge in [0, 0.05) is 19.8 Å². The molecule has 1 heterocycles. The van der Waals surface area contributed by atoms with E-state index in [4.69, 9.17) is 9.47 Å². The lowest BCUT2D eigenvalue weighted by molar-refractivity contribution is 0.136. The van der Waals surface area contributed by atoms with Crippen molar-refractivity contribution in [2.45, 2.75) is 12.8 Å². The molecule has 0 aliphatic carbocycles. The average Bonchev–Trinajstić information content (AvgIpc) is 2.69. The Balaban J connectivity index is 2.14. The number of benzene rings is 2. The van der Waals surface area contributed by atoms with E-state index in [1.807, 2.05) is 36.4 Å². The number of allylic oxidation sites excluding steroid dienone is 1. The summed E-state index contributed by atoms with van der Waals surface area (Å²) in [5.41, 5.74) is 1.02. The molecule has 25 heavy (non-hydrogen) atoms. The summed E-state index contributed by atoms with van der Waals surface area (Å²) in [7, 11) is 2.21. The summed E-state index contributed by atoms with van der Waals surface area (Å²) < 4.78 is 10.6. The van der Waals surface area contributed by atoms with Crippen LogP contribution in [0.1, 0.15) is 12.8 Å². The summed E-state index contributed by atoms with van der Waals surface area (Å²) >= 11 is 0. The molecule has 0 radical (unpaired) electrons. The van der Waals surface area contributed by atoms with Gasteiger partial charge in [0.2, 0.25) is 0 Å². The number of nitrogens with zero attached hydrogens (tertiary/aromatic N) is 1. The second-order valence-corrected chi connectivity index (χ2v) is 7.80. The zero-order chi connectivity index (χ0) is 17.6. The Morgan fingerprint density at radius 2 is 1.76 bits per heavy atom. The van der Waals surface area contributed by atoms with Crippen LogP contribution in [0.2, 0.25) is 0 Å². The number of hydrogen-bond acceptors (Lipinski definition) is 3. The lowest BCUT2D eigenvalue weighted by Crippen LogP contribution is -2.35. The first-order chi connectivity index (χ1) is 12.3. The maximum atomic E-state index is 12.3. The number of carbonyl (C=O) groups is 1. The molecule has 3 rings (SSSR count). The van der Waals surface area contributed by atoms with Crippen LogP contribution in [-0.4, -0.2) is 31.8 Å². The zero-order valence-electron chi connectivity index (χ0n) is 14.5. The van der Waals surface area contributed by atoms with Gasteiger partial charge in [-0.25, -0.2) is 4.79 Å². The third-order valence-corrected chi connectivity index (χ3v) is 6.70. The number of carbonyl (C=O) groups excluding carboxylic acids is 1. The van der Waals surface area contributed by atoms with Gasteiger partial charge in [0.25, 0.3) is 0 Å². The monoisotopic (exact) mass is 355 g/mol. The highest BCUT2D eigenvalue weighted by Gasteiger charge is 2.31. The van der Waals surface area contributed by atoms with Gasteiger partial charge in [0.1, 0.15) is 5.75 Å². The molecule has 1 aliphatic heterocycles. The van der Waals surface area contributed by atoms with Crippen molar-refractivity contribution in [3.05, 3.63) is 66.1 Å². The van der Waals surface area contributed by atoms with Gasteiger partial charge in [-0.15, -0.1) is 0 Å². The van der Waals surface area contributed by atoms with Crippen molar-refractivity contribution >= 4 is 24.6 Å². The molecule has 1 aliphatic rings. The summed E-state index contributed by atoms with van der Waals surface area (Å²) in [5.74, 6) is 0.841. The molecule has 5 heteroatoms. The number of rotatable bonds is 4. The lowest BCUT2D eigenvalue weighted by atomic mass is 10.2. The van der Waals surface area contributed by atoms with Gasteiger partial charge in [-0.2, -0.15) is 0 Å². The second kappa shape index (κ2) is 8.17. The first-order valence-electron chi connectivity index (χ1n) is 8.30. The smallest absolute Gasteiger partial charge is 0.414 e. The number of hydrogen-bond donors (Lipinski definition) is 0. The fourth-order valence-corrected chi connectivity index (χ4v) is 5.61. The molecule has 0 bridgehead atoms. The minimum absolute atomic E-state index is 0.302. The normalized spacial score (nSPS) is 15.3. The van der Waals surface area contributed by atoms with E-state index in [9.17, 15) is 4.79 Å². The van der Waals surface area contributed by atoms with Crippen molar-refractivity contribution in [2.24, 2.45) is 0 Å². The molecule has 2 aromatic rings. The van der Waals surface area contributed by atoms with Crippen LogP contribution < -0.4 is 15.3 Å². The highest BCUT2D eigenvalue weighted by molar-refractivity contribution is 7.76. The minimum Gasteiger partial charge on any atom is -0.496 e. The Bertz CT molecular complexity index is 761. The molecular formula is C20H22NO3P. The van der Waals surface area contributed by atoms with E-state index in [2.05, 4.69) is 24.3 Å². The molecule has 0 saturated heterocycles. The summed E-state index contributed by atoms with van der Waals surface area (Å²) in [5, 5.41) is 2.29. The fourth-order valence-electron chi connectivity index (χ4n) is 3.00. The highest BCUT2D eigenvalue weighted by atomic mass is 31.1. The predicted molar refractivity (Wildman–Crippen MR) is 102 cm³/mol. The molecule has 0 saturated carbocycles. The van der Waals surface area contributed by atoms with E-state index >= 15 is 0 Å². The Morgan fingerprint density at radius 3 is 2.48 bits per heavy atom. The maximum absolute atomic E-state index is 12.3. The molecule has 2 aromatic carbocycles. The summed E-state index contributed by atoms with van der Waals surface area (Å²) in [6, 6.07) is 18.3. The SMILES string of the molecule is COC(=O)N1CCCC=C1P(c1ccccc1)c1ccccc1OC. The highest BCUT2D eigenvalue weighted by Crippen LogP contribution is 2.48. The van der Waals surface area contributed by atoms with Crippen molar-refractivity contribution in [1.29, 1.82) is 0 Å². The number of para-hydroxylation sites is 1. The van der Waals surface area contributed by atoms with E-state index in [-0.39, 0.29) is 6.09 Å². The van der Waals surface area contributed by atoms with Crippen LogP contribution in [0.5, 0.6) is 5.75 Å². The van der Waals surface area contributed by atoms with Gasteiger partial charge in [-0.1, -0.05) is 54.6 Å². The van der Waals surface area contributed by atoms with Crippen molar-refractivity contribution in [2.75, 3.05) is 20.8 Å². The van der Waals surface area contributed by atoms with Gasteiger partial charge in [-0.05, 0) is 24.2 Å². The van der Waals surface area contributed by atoms with Crippen LogP contribution in [0.4, 0.5) is 4.79 Å². The van der Waals surface area contributed by atoms with E-state index in [0.717, 1.165) is 29.3 Å². The lowest BCUT2D eigenvalue weighted by Gasteiger charge is -2.33. The number of amides is 1. The number of methoxy groups -OCH3 is 2. The Morgan fingerprint density at radius 1 is 1.04 bits per heavy atom.